The molecule has 1 saturated heterocycles. The van der Waals surface area contributed by atoms with Crippen LogP contribution in [0.2, 0.25) is 0 Å². The normalized spacial score (nSPS) is 15.3. The smallest absolute Gasteiger partial charge is 0.243 e. The highest BCUT2D eigenvalue weighted by molar-refractivity contribution is 7.99. The number of anilines is 1. The van der Waals surface area contributed by atoms with Gasteiger partial charge in [0, 0.05) is 24.5 Å². The van der Waals surface area contributed by atoms with E-state index in [9.17, 15) is 13.2 Å². The average molecular weight is 462 g/mol. The first-order valence-corrected chi connectivity index (χ1v) is 13.3. The highest BCUT2D eigenvalue weighted by atomic mass is 32.2. The van der Waals surface area contributed by atoms with Gasteiger partial charge in [0.15, 0.2) is 0 Å². The molecule has 1 aromatic heterocycles. The number of thiazole rings is 1. The Bertz CT molecular complexity index is 1110. The average Bonchev–Trinajstić information content (AvgIpc) is 3.17. The highest BCUT2D eigenvalue weighted by Gasteiger charge is 2.26. The SMILES string of the molecule is O=C(CSCc1nc2ccccc2s1)Nc1cccc(S(=O)(=O)N2CCCCC2)c1. The Morgan fingerprint density at radius 1 is 1.10 bits per heavy atom. The van der Waals surface area contributed by atoms with E-state index in [0.717, 1.165) is 34.5 Å². The maximum absolute atomic E-state index is 12.8. The first kappa shape index (κ1) is 21.3. The summed E-state index contributed by atoms with van der Waals surface area (Å²) in [6.07, 6.45) is 2.85. The number of hydrogen-bond acceptors (Lipinski definition) is 6. The molecule has 2 aromatic carbocycles. The fraction of sp³-hybridized carbons (Fsp3) is 0.333. The number of nitrogens with one attached hydrogen (secondary N) is 1. The van der Waals surface area contributed by atoms with Crippen LogP contribution in [0.25, 0.3) is 10.2 Å². The lowest BCUT2D eigenvalue weighted by molar-refractivity contribution is -0.113. The van der Waals surface area contributed by atoms with Gasteiger partial charge in [0.05, 0.1) is 20.9 Å². The van der Waals surface area contributed by atoms with E-state index in [4.69, 9.17) is 0 Å². The highest BCUT2D eigenvalue weighted by Crippen LogP contribution is 2.25. The molecule has 0 radical (unpaired) electrons. The third-order valence-corrected chi connectivity index (χ3v) is 8.93. The molecular weight excluding hydrogens is 438 g/mol. The lowest BCUT2D eigenvalue weighted by Crippen LogP contribution is -2.35. The summed E-state index contributed by atoms with van der Waals surface area (Å²) in [5.74, 6) is 0.781. The van der Waals surface area contributed by atoms with Gasteiger partial charge in [-0.1, -0.05) is 24.6 Å². The van der Waals surface area contributed by atoms with Gasteiger partial charge in [-0.05, 0) is 43.2 Å². The second-order valence-electron chi connectivity index (χ2n) is 7.11. The number of carbonyl (C=O) groups excluding carboxylic acids is 1. The largest absolute Gasteiger partial charge is 0.325 e. The van der Waals surface area contributed by atoms with E-state index in [-0.39, 0.29) is 16.6 Å². The Balaban J connectivity index is 1.33. The first-order chi connectivity index (χ1) is 14.5. The lowest BCUT2D eigenvalue weighted by atomic mass is 10.2. The summed E-state index contributed by atoms with van der Waals surface area (Å²) in [7, 11) is -3.52. The maximum atomic E-state index is 12.8. The Morgan fingerprint density at radius 3 is 2.70 bits per heavy atom. The summed E-state index contributed by atoms with van der Waals surface area (Å²) >= 11 is 3.13. The molecule has 3 aromatic rings. The fourth-order valence-corrected chi connectivity index (χ4v) is 6.81. The zero-order chi connectivity index (χ0) is 21.0. The summed E-state index contributed by atoms with van der Waals surface area (Å²) in [5, 5.41) is 3.80. The molecule has 158 valence electrons. The molecule has 0 unspecified atom stereocenters. The Hall–Kier alpha value is -1.94. The van der Waals surface area contributed by atoms with Crippen molar-refractivity contribution in [2.24, 2.45) is 0 Å². The molecular formula is C21H23N3O3S3. The number of fused-ring (bicyclic) bond motifs is 1. The van der Waals surface area contributed by atoms with Crippen molar-refractivity contribution < 1.29 is 13.2 Å². The molecule has 0 spiro atoms. The predicted molar refractivity (Wildman–Crippen MR) is 123 cm³/mol. The predicted octanol–water partition coefficient (Wildman–Crippen LogP) is 4.34. The van der Waals surface area contributed by atoms with Crippen molar-refractivity contribution >= 4 is 54.9 Å². The molecule has 1 amide bonds. The summed E-state index contributed by atoms with van der Waals surface area (Å²) in [5.41, 5.74) is 1.48. The number of sulfonamides is 1. The molecule has 0 bridgehead atoms. The maximum Gasteiger partial charge on any atom is 0.243 e. The summed E-state index contributed by atoms with van der Waals surface area (Å²) in [6, 6.07) is 14.5. The summed E-state index contributed by atoms with van der Waals surface area (Å²) < 4.78 is 28.3. The lowest BCUT2D eigenvalue weighted by Gasteiger charge is -2.26. The third kappa shape index (κ3) is 5.03. The number of hydrogen-bond donors (Lipinski definition) is 1. The van der Waals surface area contributed by atoms with Crippen molar-refractivity contribution in [3.8, 4) is 0 Å². The van der Waals surface area contributed by atoms with Crippen molar-refractivity contribution in [2.45, 2.75) is 29.9 Å². The van der Waals surface area contributed by atoms with Gasteiger partial charge >= 0.3 is 0 Å². The minimum Gasteiger partial charge on any atom is -0.325 e. The van der Waals surface area contributed by atoms with Crippen LogP contribution in [0.4, 0.5) is 5.69 Å². The van der Waals surface area contributed by atoms with Gasteiger partial charge in [0.2, 0.25) is 15.9 Å². The zero-order valence-electron chi connectivity index (χ0n) is 16.4. The van der Waals surface area contributed by atoms with E-state index in [1.807, 2.05) is 24.3 Å². The summed E-state index contributed by atoms with van der Waals surface area (Å²) in [4.78, 5) is 17.1. The number of benzene rings is 2. The third-order valence-electron chi connectivity index (χ3n) is 4.87. The van der Waals surface area contributed by atoms with Crippen LogP contribution < -0.4 is 5.32 Å². The van der Waals surface area contributed by atoms with Crippen LogP contribution >= 0.6 is 23.1 Å². The van der Waals surface area contributed by atoms with Gasteiger partial charge in [-0.25, -0.2) is 13.4 Å². The number of aromatic nitrogens is 1. The van der Waals surface area contributed by atoms with Crippen LogP contribution in [0.5, 0.6) is 0 Å². The van der Waals surface area contributed by atoms with Gasteiger partial charge < -0.3 is 5.32 Å². The van der Waals surface area contributed by atoms with Crippen molar-refractivity contribution in [3.05, 3.63) is 53.5 Å². The van der Waals surface area contributed by atoms with E-state index >= 15 is 0 Å². The summed E-state index contributed by atoms with van der Waals surface area (Å²) in [6.45, 7) is 1.11. The zero-order valence-corrected chi connectivity index (χ0v) is 18.9. The van der Waals surface area contributed by atoms with Crippen LogP contribution in [-0.4, -0.2) is 42.5 Å². The molecule has 0 aliphatic carbocycles. The molecule has 30 heavy (non-hydrogen) atoms. The van der Waals surface area contributed by atoms with Crippen LogP contribution in [0.15, 0.2) is 53.4 Å². The molecule has 2 heterocycles. The molecule has 1 fully saturated rings. The van der Waals surface area contributed by atoms with E-state index in [2.05, 4.69) is 10.3 Å². The quantitative estimate of drug-likeness (QED) is 0.566. The van der Waals surface area contributed by atoms with E-state index in [1.165, 1.54) is 16.1 Å². The van der Waals surface area contributed by atoms with Crippen molar-refractivity contribution in [2.75, 3.05) is 24.2 Å². The molecule has 0 atom stereocenters. The van der Waals surface area contributed by atoms with E-state index in [1.54, 1.807) is 35.6 Å². The van der Waals surface area contributed by atoms with Crippen molar-refractivity contribution in [1.29, 1.82) is 0 Å². The Morgan fingerprint density at radius 2 is 1.90 bits per heavy atom. The van der Waals surface area contributed by atoms with Gasteiger partial charge in [-0.2, -0.15) is 4.31 Å². The van der Waals surface area contributed by atoms with E-state index in [0.29, 0.717) is 24.5 Å². The Kier molecular flexibility index (Phi) is 6.72. The van der Waals surface area contributed by atoms with Crippen LogP contribution in [0.1, 0.15) is 24.3 Å². The molecule has 0 saturated carbocycles. The fourth-order valence-electron chi connectivity index (χ4n) is 3.40. The monoisotopic (exact) mass is 461 g/mol. The number of rotatable bonds is 7. The number of piperidine rings is 1. The van der Waals surface area contributed by atoms with Gasteiger partial charge in [0.25, 0.3) is 0 Å². The number of thioether (sulfide) groups is 1. The van der Waals surface area contributed by atoms with Crippen molar-refractivity contribution in [3.63, 3.8) is 0 Å². The number of carbonyl (C=O) groups is 1. The van der Waals surface area contributed by atoms with Crippen LogP contribution in [0.3, 0.4) is 0 Å². The first-order valence-electron chi connectivity index (χ1n) is 9.85. The topological polar surface area (TPSA) is 79.4 Å². The molecule has 1 N–H and O–H groups in total. The molecule has 4 rings (SSSR count). The Labute approximate surface area is 184 Å². The van der Waals surface area contributed by atoms with Gasteiger partial charge in [0.1, 0.15) is 5.01 Å². The molecule has 9 heteroatoms. The minimum absolute atomic E-state index is 0.159. The second kappa shape index (κ2) is 9.47. The van der Waals surface area contributed by atoms with Crippen LogP contribution in [0, 0.1) is 0 Å². The molecule has 1 aliphatic heterocycles. The molecule has 6 nitrogen and oxygen atoms in total. The number of nitrogens with zero attached hydrogens (tertiary/aromatic N) is 2. The van der Waals surface area contributed by atoms with E-state index < -0.39 is 10.0 Å². The van der Waals surface area contributed by atoms with Gasteiger partial charge in [-0.3, -0.25) is 4.79 Å². The standard InChI is InChI=1S/C21H23N3O3S3/c25-20(14-28-15-21-23-18-9-2-3-10-19(18)29-21)22-16-7-6-8-17(13-16)30(26,27)24-11-4-1-5-12-24/h2-3,6-10,13H,1,4-5,11-12,14-15H2,(H,22,25). The van der Waals surface area contributed by atoms with Crippen LogP contribution in [-0.2, 0) is 20.6 Å². The van der Waals surface area contributed by atoms with Gasteiger partial charge in [-0.15, -0.1) is 23.1 Å². The number of amides is 1. The minimum atomic E-state index is -3.52. The van der Waals surface area contributed by atoms with Crippen molar-refractivity contribution in [1.82, 2.24) is 9.29 Å². The molecule has 1 aliphatic rings. The number of para-hydroxylation sites is 1. The second-order valence-corrected chi connectivity index (χ2v) is 11.1.